The average molecular weight is 252 g/mol. The van der Waals surface area contributed by atoms with Crippen LogP contribution in [0.2, 0.25) is 0 Å². The van der Waals surface area contributed by atoms with Gasteiger partial charge in [0.2, 0.25) is 5.91 Å². The van der Waals surface area contributed by atoms with Crippen LogP contribution < -0.4 is 5.73 Å². The van der Waals surface area contributed by atoms with Gasteiger partial charge in [0, 0.05) is 0 Å². The fourth-order valence-electron chi connectivity index (χ4n) is 1.09. The van der Waals surface area contributed by atoms with E-state index < -0.39 is 37.0 Å². The predicted molar refractivity (Wildman–Crippen MR) is 36.7 cm³/mol. The molecule has 94 valence electrons. The van der Waals surface area contributed by atoms with E-state index in [0.29, 0.717) is 0 Å². The zero-order valence-corrected chi connectivity index (χ0v) is 7.52. The molecule has 0 saturated carbocycles. The smallest absolute Gasteiger partial charge is 0.368 e. The van der Waals surface area contributed by atoms with Gasteiger partial charge in [-0.15, -0.1) is 0 Å². The van der Waals surface area contributed by atoms with Crippen molar-refractivity contribution in [3.63, 3.8) is 0 Å². The maximum Gasteiger partial charge on any atom is 0.419 e. The second kappa shape index (κ2) is 3.48. The van der Waals surface area contributed by atoms with E-state index in [-0.39, 0.29) is 5.06 Å². The van der Waals surface area contributed by atoms with E-state index in [4.69, 9.17) is 0 Å². The summed E-state index contributed by atoms with van der Waals surface area (Å²) in [4.78, 5) is 14.2. The third-order valence-electron chi connectivity index (χ3n) is 2.00. The van der Waals surface area contributed by atoms with Crippen LogP contribution in [0.25, 0.3) is 0 Å². The Kier molecular flexibility index (Phi) is 2.84. The first-order valence-corrected chi connectivity index (χ1v) is 3.84. The van der Waals surface area contributed by atoms with Crippen molar-refractivity contribution in [2.45, 2.75) is 17.9 Å². The fraction of sp³-hybridized carbons (Fsp3) is 0.833. The largest absolute Gasteiger partial charge is 0.419 e. The number of carbonyl (C=O) groups excluding carboxylic acids is 1. The van der Waals surface area contributed by atoms with Crippen LogP contribution in [0.15, 0.2) is 0 Å². The summed E-state index contributed by atoms with van der Waals surface area (Å²) in [6, 6.07) is 0. The summed E-state index contributed by atoms with van der Waals surface area (Å²) in [5, 5.41) is -0.349. The average Bonchev–Trinajstić information content (AvgIpc) is 2.72. The minimum Gasteiger partial charge on any atom is -0.368 e. The number of hydrogen-bond donors (Lipinski definition) is 1. The van der Waals surface area contributed by atoms with Gasteiger partial charge >= 0.3 is 12.4 Å². The standard InChI is InChI=1S/C6H6F6N2O2/c7-5(8,9)4(6(10,11)12)2-14(4)16-1-3(13)15/h1-2H2,(H2,13,15). The summed E-state index contributed by atoms with van der Waals surface area (Å²) in [6.45, 7) is -2.43. The molecule has 0 aromatic rings. The molecule has 1 rings (SSSR count). The molecular formula is C6H6F6N2O2. The highest BCUT2D eigenvalue weighted by atomic mass is 19.4. The van der Waals surface area contributed by atoms with Crippen LogP contribution in [-0.4, -0.2) is 42.0 Å². The molecule has 1 aliphatic heterocycles. The number of rotatable bonds is 3. The maximum absolute atomic E-state index is 12.2. The summed E-state index contributed by atoms with van der Waals surface area (Å²) < 4.78 is 73.3. The molecule has 0 radical (unpaired) electrons. The van der Waals surface area contributed by atoms with E-state index in [1.54, 1.807) is 0 Å². The SMILES string of the molecule is NC(=O)CON1CC1(C(F)(F)F)C(F)(F)F. The topological polar surface area (TPSA) is 55.3 Å². The van der Waals surface area contributed by atoms with E-state index in [1.165, 1.54) is 0 Å². The molecule has 16 heavy (non-hydrogen) atoms. The number of halogens is 6. The molecule has 1 aliphatic rings. The van der Waals surface area contributed by atoms with E-state index in [0.717, 1.165) is 0 Å². The van der Waals surface area contributed by atoms with Crippen molar-refractivity contribution in [1.29, 1.82) is 0 Å². The normalized spacial score (nSPS) is 24.2. The van der Waals surface area contributed by atoms with Crippen LogP contribution in [0, 0.1) is 0 Å². The zero-order valence-electron chi connectivity index (χ0n) is 7.52. The summed E-state index contributed by atoms with van der Waals surface area (Å²) in [5.41, 5.74) is 0.504. The highest BCUT2D eigenvalue weighted by molar-refractivity contribution is 5.74. The Morgan fingerprint density at radius 1 is 1.25 bits per heavy atom. The van der Waals surface area contributed by atoms with Crippen molar-refractivity contribution in [3.8, 4) is 0 Å². The first kappa shape index (κ1) is 13.0. The van der Waals surface area contributed by atoms with E-state index in [2.05, 4.69) is 10.6 Å². The third kappa shape index (κ3) is 1.94. The van der Waals surface area contributed by atoms with Gasteiger partial charge in [0.25, 0.3) is 5.54 Å². The van der Waals surface area contributed by atoms with Crippen LogP contribution >= 0.6 is 0 Å². The second-order valence-corrected chi connectivity index (χ2v) is 3.13. The summed E-state index contributed by atoms with van der Waals surface area (Å²) in [5.74, 6) is -1.16. The Morgan fingerprint density at radius 2 is 1.69 bits per heavy atom. The second-order valence-electron chi connectivity index (χ2n) is 3.13. The van der Waals surface area contributed by atoms with Gasteiger partial charge in [-0.3, -0.25) is 9.63 Å². The molecule has 2 N–H and O–H groups in total. The first-order chi connectivity index (χ1) is 7.02. The van der Waals surface area contributed by atoms with E-state index in [1.807, 2.05) is 0 Å². The van der Waals surface area contributed by atoms with Gasteiger partial charge in [-0.05, 0) is 0 Å². The van der Waals surface area contributed by atoms with Gasteiger partial charge < -0.3 is 5.73 Å². The Bertz CT molecular complexity index is 284. The Hall–Kier alpha value is -1.03. The Morgan fingerprint density at radius 3 is 1.94 bits per heavy atom. The fourth-order valence-corrected chi connectivity index (χ4v) is 1.09. The maximum atomic E-state index is 12.2. The third-order valence-corrected chi connectivity index (χ3v) is 2.00. The number of primary amides is 1. The molecule has 10 heteroatoms. The number of nitrogens with zero attached hydrogens (tertiary/aromatic N) is 1. The lowest BCUT2D eigenvalue weighted by molar-refractivity contribution is -0.305. The van der Waals surface area contributed by atoms with Gasteiger partial charge in [-0.2, -0.15) is 31.4 Å². The molecule has 1 fully saturated rings. The summed E-state index contributed by atoms with van der Waals surface area (Å²) in [7, 11) is 0. The Labute approximate surface area is 84.9 Å². The predicted octanol–water partition coefficient (Wildman–Crippen LogP) is 0.582. The minimum atomic E-state index is -5.52. The molecule has 0 aromatic carbocycles. The number of alkyl halides is 6. The first-order valence-electron chi connectivity index (χ1n) is 3.84. The Balaban J connectivity index is 2.78. The van der Waals surface area contributed by atoms with Crippen LogP contribution in [0.3, 0.4) is 0 Å². The van der Waals surface area contributed by atoms with Crippen molar-refractivity contribution in [2.24, 2.45) is 5.73 Å². The van der Waals surface area contributed by atoms with Crippen LogP contribution in [0.4, 0.5) is 26.3 Å². The summed E-state index contributed by atoms with van der Waals surface area (Å²) in [6.07, 6.45) is -11.0. The van der Waals surface area contributed by atoms with Crippen LogP contribution in [0.1, 0.15) is 0 Å². The molecule has 0 aliphatic carbocycles. The minimum absolute atomic E-state index is 0.349. The van der Waals surface area contributed by atoms with Gasteiger partial charge in [0.1, 0.15) is 6.61 Å². The van der Waals surface area contributed by atoms with Crippen molar-refractivity contribution >= 4 is 5.91 Å². The zero-order chi connectivity index (χ0) is 12.8. The molecule has 0 bridgehead atoms. The molecule has 1 saturated heterocycles. The van der Waals surface area contributed by atoms with Crippen molar-refractivity contribution in [2.75, 3.05) is 13.2 Å². The number of hydrogen-bond acceptors (Lipinski definition) is 3. The number of carbonyl (C=O) groups is 1. The van der Waals surface area contributed by atoms with Crippen LogP contribution in [0.5, 0.6) is 0 Å². The monoisotopic (exact) mass is 252 g/mol. The van der Waals surface area contributed by atoms with E-state index >= 15 is 0 Å². The highest BCUT2D eigenvalue weighted by Crippen LogP contribution is 2.56. The number of amides is 1. The van der Waals surface area contributed by atoms with E-state index in [9.17, 15) is 31.1 Å². The molecule has 0 spiro atoms. The molecule has 4 nitrogen and oxygen atoms in total. The van der Waals surface area contributed by atoms with Crippen molar-refractivity contribution in [1.82, 2.24) is 5.06 Å². The van der Waals surface area contributed by atoms with Crippen molar-refractivity contribution in [3.05, 3.63) is 0 Å². The number of nitrogens with two attached hydrogens (primary N) is 1. The summed E-state index contributed by atoms with van der Waals surface area (Å²) >= 11 is 0. The molecule has 0 aromatic heterocycles. The highest BCUT2D eigenvalue weighted by Gasteiger charge is 2.84. The molecule has 1 amide bonds. The quantitative estimate of drug-likeness (QED) is 0.590. The molecule has 1 unspecified atom stereocenters. The number of hydroxylamine groups is 2. The van der Waals surface area contributed by atoms with Gasteiger partial charge in [-0.25, -0.2) is 0 Å². The van der Waals surface area contributed by atoms with Gasteiger partial charge in [0.05, 0.1) is 6.54 Å². The molecule has 1 heterocycles. The van der Waals surface area contributed by atoms with Gasteiger partial charge in [0.15, 0.2) is 0 Å². The molecule has 1 atom stereocenters. The van der Waals surface area contributed by atoms with Crippen molar-refractivity contribution < 1.29 is 36.0 Å². The lowest BCUT2D eigenvalue weighted by Gasteiger charge is -2.22. The lowest BCUT2D eigenvalue weighted by atomic mass is 10.1. The molecular weight excluding hydrogens is 246 g/mol. The van der Waals surface area contributed by atoms with Gasteiger partial charge in [-0.1, -0.05) is 0 Å². The van der Waals surface area contributed by atoms with Crippen LogP contribution in [-0.2, 0) is 9.63 Å². The lowest BCUT2D eigenvalue weighted by Crippen LogP contribution is -2.49.